The minimum Gasteiger partial charge on any atom is -0.478 e. The third-order valence-corrected chi connectivity index (χ3v) is 4.48. The second-order valence-electron chi connectivity index (χ2n) is 5.65. The van der Waals surface area contributed by atoms with E-state index in [4.69, 9.17) is 16.7 Å². The van der Waals surface area contributed by atoms with Crippen molar-refractivity contribution in [3.05, 3.63) is 69.7 Å². The van der Waals surface area contributed by atoms with Crippen LogP contribution in [0.5, 0.6) is 0 Å². The van der Waals surface area contributed by atoms with Crippen LogP contribution < -0.4 is 5.32 Å². The Morgan fingerprint density at radius 3 is 2.74 bits per heavy atom. The van der Waals surface area contributed by atoms with Crippen molar-refractivity contribution >= 4 is 23.5 Å². The molecule has 5 heteroatoms. The van der Waals surface area contributed by atoms with Gasteiger partial charge < -0.3 is 10.4 Å². The minimum absolute atomic E-state index is 0.114. The number of aromatic carboxylic acids is 1. The maximum atomic E-state index is 12.3. The van der Waals surface area contributed by atoms with Gasteiger partial charge in [-0.25, -0.2) is 4.79 Å². The van der Waals surface area contributed by atoms with Crippen molar-refractivity contribution < 1.29 is 14.7 Å². The zero-order valence-electron chi connectivity index (χ0n) is 12.4. The summed E-state index contributed by atoms with van der Waals surface area (Å²) in [5.74, 6) is -1.07. The largest absolute Gasteiger partial charge is 0.478 e. The first-order valence-electron chi connectivity index (χ1n) is 7.43. The fraction of sp³-hybridized carbons (Fsp3) is 0.222. The average Bonchev–Trinajstić information content (AvgIpc) is 2.92. The highest BCUT2D eigenvalue weighted by molar-refractivity contribution is 6.31. The van der Waals surface area contributed by atoms with E-state index in [-0.39, 0.29) is 23.9 Å². The molecule has 3 rings (SSSR count). The third kappa shape index (κ3) is 3.37. The number of hydrogen-bond acceptors (Lipinski definition) is 2. The Kier molecular flexibility index (Phi) is 4.35. The molecule has 0 heterocycles. The van der Waals surface area contributed by atoms with Crippen molar-refractivity contribution in [3.63, 3.8) is 0 Å². The number of fused-ring (bicyclic) bond motifs is 1. The molecule has 0 radical (unpaired) electrons. The number of carbonyl (C=O) groups excluding carboxylic acids is 1. The molecule has 2 aromatic carbocycles. The molecule has 1 aliphatic carbocycles. The molecule has 0 saturated carbocycles. The van der Waals surface area contributed by atoms with Crippen LogP contribution in [0.2, 0.25) is 5.02 Å². The Morgan fingerprint density at radius 2 is 2.00 bits per heavy atom. The van der Waals surface area contributed by atoms with Gasteiger partial charge in [-0.05, 0) is 47.7 Å². The monoisotopic (exact) mass is 329 g/mol. The summed E-state index contributed by atoms with van der Waals surface area (Å²) in [6.45, 7) is 0. The second-order valence-corrected chi connectivity index (χ2v) is 6.05. The fourth-order valence-corrected chi connectivity index (χ4v) is 3.15. The minimum atomic E-state index is -0.958. The van der Waals surface area contributed by atoms with E-state index in [1.165, 1.54) is 0 Å². The standard InChI is InChI=1S/C18H16ClNO3/c19-15-4-2-1-3-12(15)10-17(21)20-16-8-7-11-5-6-13(18(22)23)9-14(11)16/h1-6,9,16H,7-8,10H2,(H,20,21)(H,22,23). The van der Waals surface area contributed by atoms with Crippen LogP contribution in [-0.4, -0.2) is 17.0 Å². The summed E-state index contributed by atoms with van der Waals surface area (Å²) in [7, 11) is 0. The van der Waals surface area contributed by atoms with Gasteiger partial charge in [0.05, 0.1) is 18.0 Å². The highest BCUT2D eigenvalue weighted by Crippen LogP contribution is 2.32. The maximum absolute atomic E-state index is 12.3. The van der Waals surface area contributed by atoms with Gasteiger partial charge in [0.2, 0.25) is 5.91 Å². The Morgan fingerprint density at radius 1 is 1.22 bits per heavy atom. The number of benzene rings is 2. The molecule has 1 aliphatic rings. The molecule has 118 valence electrons. The Labute approximate surface area is 139 Å². The summed E-state index contributed by atoms with van der Waals surface area (Å²) in [6.07, 6.45) is 1.84. The summed E-state index contributed by atoms with van der Waals surface area (Å²) in [6, 6.07) is 12.2. The van der Waals surface area contributed by atoms with Crippen molar-refractivity contribution in [2.75, 3.05) is 0 Å². The summed E-state index contributed by atoms with van der Waals surface area (Å²) in [5.41, 5.74) is 3.02. The van der Waals surface area contributed by atoms with Crippen LogP contribution in [0, 0.1) is 0 Å². The first kappa shape index (κ1) is 15.6. The maximum Gasteiger partial charge on any atom is 0.335 e. The van der Waals surface area contributed by atoms with Crippen LogP contribution in [0.1, 0.15) is 39.5 Å². The first-order chi connectivity index (χ1) is 11.0. The summed E-state index contributed by atoms with van der Waals surface area (Å²) >= 11 is 6.08. The van der Waals surface area contributed by atoms with Gasteiger partial charge in [-0.1, -0.05) is 35.9 Å². The second kappa shape index (κ2) is 6.42. The van der Waals surface area contributed by atoms with Crippen molar-refractivity contribution in [3.8, 4) is 0 Å². The van der Waals surface area contributed by atoms with E-state index in [0.29, 0.717) is 5.02 Å². The zero-order chi connectivity index (χ0) is 16.4. The molecule has 2 aromatic rings. The highest BCUT2D eigenvalue weighted by atomic mass is 35.5. The zero-order valence-corrected chi connectivity index (χ0v) is 13.1. The molecule has 0 aliphatic heterocycles. The number of carboxylic acids is 1. The van der Waals surface area contributed by atoms with Gasteiger partial charge in [0.25, 0.3) is 0 Å². The summed E-state index contributed by atoms with van der Waals surface area (Å²) < 4.78 is 0. The summed E-state index contributed by atoms with van der Waals surface area (Å²) in [4.78, 5) is 23.4. The first-order valence-corrected chi connectivity index (χ1v) is 7.81. The van der Waals surface area contributed by atoms with Crippen LogP contribution >= 0.6 is 11.6 Å². The molecule has 0 aromatic heterocycles. The van der Waals surface area contributed by atoms with Crippen LogP contribution in [0.25, 0.3) is 0 Å². The third-order valence-electron chi connectivity index (χ3n) is 4.11. The van der Waals surface area contributed by atoms with E-state index < -0.39 is 5.97 Å². The Bertz CT molecular complexity index is 773. The molecule has 1 atom stereocenters. The van der Waals surface area contributed by atoms with Crippen molar-refractivity contribution in [1.29, 1.82) is 0 Å². The highest BCUT2D eigenvalue weighted by Gasteiger charge is 2.25. The van der Waals surface area contributed by atoms with Gasteiger partial charge in [-0.15, -0.1) is 0 Å². The van der Waals surface area contributed by atoms with Gasteiger partial charge in [0.1, 0.15) is 0 Å². The van der Waals surface area contributed by atoms with Gasteiger partial charge in [0.15, 0.2) is 0 Å². The number of rotatable bonds is 4. The normalized spacial score (nSPS) is 16.0. The van der Waals surface area contributed by atoms with E-state index in [0.717, 1.165) is 29.5 Å². The topological polar surface area (TPSA) is 66.4 Å². The Hall–Kier alpha value is -2.33. The smallest absolute Gasteiger partial charge is 0.335 e. The lowest BCUT2D eigenvalue weighted by Crippen LogP contribution is -2.28. The van der Waals surface area contributed by atoms with Crippen LogP contribution in [0.4, 0.5) is 0 Å². The molecule has 1 amide bonds. The molecule has 0 saturated heterocycles. The van der Waals surface area contributed by atoms with Crippen LogP contribution in [0.3, 0.4) is 0 Å². The van der Waals surface area contributed by atoms with Crippen molar-refractivity contribution in [2.24, 2.45) is 0 Å². The van der Waals surface area contributed by atoms with Gasteiger partial charge in [-0.2, -0.15) is 0 Å². The fourth-order valence-electron chi connectivity index (χ4n) is 2.95. The molecule has 4 nitrogen and oxygen atoms in total. The Balaban J connectivity index is 1.73. The van der Waals surface area contributed by atoms with E-state index in [1.54, 1.807) is 18.2 Å². The van der Waals surface area contributed by atoms with E-state index in [1.807, 2.05) is 24.3 Å². The lowest BCUT2D eigenvalue weighted by Gasteiger charge is -2.15. The number of carboxylic acid groups (broad SMARTS) is 1. The number of halogens is 1. The van der Waals surface area contributed by atoms with E-state index in [2.05, 4.69) is 5.32 Å². The predicted octanol–water partition coefficient (Wildman–Crippen LogP) is 3.38. The van der Waals surface area contributed by atoms with Crippen LogP contribution in [0.15, 0.2) is 42.5 Å². The number of carbonyl (C=O) groups is 2. The molecular formula is C18H16ClNO3. The quantitative estimate of drug-likeness (QED) is 0.903. The number of aryl methyl sites for hydroxylation is 1. The summed E-state index contributed by atoms with van der Waals surface area (Å²) in [5, 5.41) is 12.7. The molecule has 2 N–H and O–H groups in total. The molecule has 1 unspecified atom stereocenters. The molecule has 0 bridgehead atoms. The lowest BCUT2D eigenvalue weighted by atomic mass is 10.0. The average molecular weight is 330 g/mol. The van der Waals surface area contributed by atoms with Crippen LogP contribution in [-0.2, 0) is 17.6 Å². The molecule has 0 fully saturated rings. The number of amides is 1. The molecule has 23 heavy (non-hydrogen) atoms. The number of hydrogen-bond donors (Lipinski definition) is 2. The molecule has 0 spiro atoms. The predicted molar refractivity (Wildman–Crippen MR) is 87.8 cm³/mol. The molecular weight excluding hydrogens is 314 g/mol. The van der Waals surface area contributed by atoms with Crippen molar-refractivity contribution in [2.45, 2.75) is 25.3 Å². The SMILES string of the molecule is O=C(Cc1ccccc1Cl)NC1CCc2ccc(C(=O)O)cc21. The van der Waals surface area contributed by atoms with Gasteiger partial charge in [-0.3, -0.25) is 4.79 Å². The number of nitrogens with one attached hydrogen (secondary N) is 1. The lowest BCUT2D eigenvalue weighted by molar-refractivity contribution is -0.121. The van der Waals surface area contributed by atoms with Gasteiger partial charge in [0, 0.05) is 5.02 Å². The van der Waals surface area contributed by atoms with Gasteiger partial charge >= 0.3 is 5.97 Å². The van der Waals surface area contributed by atoms with E-state index in [9.17, 15) is 9.59 Å². The van der Waals surface area contributed by atoms with Crippen molar-refractivity contribution in [1.82, 2.24) is 5.32 Å². The van der Waals surface area contributed by atoms with E-state index >= 15 is 0 Å².